The van der Waals surface area contributed by atoms with E-state index in [2.05, 4.69) is 0 Å². The first-order valence-electron chi connectivity index (χ1n) is 2.66. The molecule has 0 bridgehead atoms. The average molecular weight is 117 g/mol. The Labute approximate surface area is 47.3 Å². The molecule has 0 N–H and O–H groups in total. The van der Waals surface area contributed by atoms with Crippen molar-refractivity contribution in [2.24, 2.45) is 0 Å². The van der Waals surface area contributed by atoms with Crippen molar-refractivity contribution < 1.29 is 9.18 Å². The molecule has 1 amide bonds. The fourth-order valence-corrected chi connectivity index (χ4v) is 0.839. The highest BCUT2D eigenvalue weighted by atomic mass is 19.1. The van der Waals surface area contributed by atoms with Crippen molar-refractivity contribution in [1.82, 2.24) is 4.90 Å². The summed E-state index contributed by atoms with van der Waals surface area (Å²) in [5.74, 6) is 0. The van der Waals surface area contributed by atoms with Gasteiger partial charge in [-0.25, -0.2) is 4.39 Å². The molecule has 2 nitrogen and oxygen atoms in total. The van der Waals surface area contributed by atoms with E-state index >= 15 is 0 Å². The normalized spacial score (nSPS) is 28.6. The van der Waals surface area contributed by atoms with Crippen molar-refractivity contribution in [3.63, 3.8) is 0 Å². The second-order valence-electron chi connectivity index (χ2n) is 1.99. The van der Waals surface area contributed by atoms with Crippen LogP contribution in [-0.2, 0) is 4.79 Å². The highest BCUT2D eigenvalue weighted by molar-refractivity contribution is 5.47. The Morgan fingerprint density at radius 3 is 2.75 bits per heavy atom. The molecular formula is C5H8FNO. The van der Waals surface area contributed by atoms with Gasteiger partial charge in [0, 0.05) is 6.54 Å². The first-order valence-corrected chi connectivity index (χ1v) is 2.66. The number of carbonyl (C=O) groups is 1. The molecule has 1 fully saturated rings. The molecule has 1 heterocycles. The van der Waals surface area contributed by atoms with Crippen LogP contribution in [0, 0.1) is 0 Å². The van der Waals surface area contributed by atoms with E-state index in [4.69, 9.17) is 0 Å². The van der Waals surface area contributed by atoms with Gasteiger partial charge in [-0.2, -0.15) is 0 Å². The van der Waals surface area contributed by atoms with E-state index in [0.29, 0.717) is 25.9 Å². The van der Waals surface area contributed by atoms with Crippen LogP contribution in [0.3, 0.4) is 0 Å². The molecule has 0 aromatic carbocycles. The van der Waals surface area contributed by atoms with Gasteiger partial charge in [0.15, 0.2) is 0 Å². The fraction of sp³-hybridized carbons (Fsp3) is 0.800. The summed E-state index contributed by atoms with van der Waals surface area (Å²) in [4.78, 5) is 11.4. The highest BCUT2D eigenvalue weighted by Gasteiger charge is 2.19. The summed E-state index contributed by atoms with van der Waals surface area (Å²) >= 11 is 0. The average Bonchev–Trinajstić information content (AvgIpc) is 2.14. The van der Waals surface area contributed by atoms with E-state index in [1.807, 2.05) is 0 Å². The Bertz CT molecular complexity index is 96.4. The van der Waals surface area contributed by atoms with Gasteiger partial charge < -0.3 is 4.90 Å². The van der Waals surface area contributed by atoms with Crippen molar-refractivity contribution in [3.8, 4) is 0 Å². The maximum atomic E-state index is 12.2. The number of rotatable bonds is 1. The van der Waals surface area contributed by atoms with Crippen molar-refractivity contribution in [2.45, 2.75) is 12.6 Å². The quantitative estimate of drug-likeness (QED) is 0.449. The number of amides is 1. The summed E-state index contributed by atoms with van der Waals surface area (Å²) in [6.07, 6.45) is 0.429. The van der Waals surface area contributed by atoms with Gasteiger partial charge in [-0.05, 0) is 6.42 Å². The molecule has 0 aromatic rings. The van der Waals surface area contributed by atoms with Crippen molar-refractivity contribution in [1.29, 1.82) is 0 Å². The predicted molar refractivity (Wildman–Crippen MR) is 27.1 cm³/mol. The molecule has 3 heteroatoms. The number of carbonyl (C=O) groups excluding carboxylic acids is 1. The number of likely N-dealkylation sites (tertiary alicyclic amines) is 1. The van der Waals surface area contributed by atoms with Crippen molar-refractivity contribution in [2.75, 3.05) is 13.1 Å². The molecule has 0 aromatic heterocycles. The standard InChI is InChI=1S/C5H8FNO/c6-5-1-2-7(3-5)4-8/h4-5H,1-3H2/t5-/m1/s1. The molecule has 1 rings (SSSR count). The first kappa shape index (κ1) is 5.54. The molecule has 1 atom stereocenters. The zero-order valence-electron chi connectivity index (χ0n) is 4.51. The van der Waals surface area contributed by atoms with E-state index in [1.165, 1.54) is 4.90 Å². The van der Waals surface area contributed by atoms with Gasteiger partial charge in [0.05, 0.1) is 6.54 Å². The molecule has 8 heavy (non-hydrogen) atoms. The first-order chi connectivity index (χ1) is 3.83. The fourth-order valence-electron chi connectivity index (χ4n) is 0.839. The van der Waals surface area contributed by atoms with Crippen molar-refractivity contribution >= 4 is 6.41 Å². The van der Waals surface area contributed by atoms with Crippen LogP contribution in [0.5, 0.6) is 0 Å². The number of nitrogens with zero attached hydrogens (tertiary/aromatic N) is 1. The van der Waals surface area contributed by atoms with Crippen LogP contribution >= 0.6 is 0 Å². The Hall–Kier alpha value is -0.600. The van der Waals surface area contributed by atoms with E-state index in [1.54, 1.807) is 0 Å². The van der Waals surface area contributed by atoms with Crippen LogP contribution < -0.4 is 0 Å². The lowest BCUT2D eigenvalue weighted by Gasteiger charge is -2.03. The summed E-state index contributed by atoms with van der Waals surface area (Å²) < 4.78 is 12.2. The maximum absolute atomic E-state index is 12.2. The SMILES string of the molecule is O=CN1CC[C@@H](F)C1. The van der Waals surface area contributed by atoms with Gasteiger partial charge in [0.1, 0.15) is 6.17 Å². The van der Waals surface area contributed by atoms with Gasteiger partial charge in [0.25, 0.3) is 0 Å². The van der Waals surface area contributed by atoms with E-state index in [-0.39, 0.29) is 0 Å². The summed E-state index contributed by atoms with van der Waals surface area (Å²) in [5, 5.41) is 0. The third-order valence-electron chi connectivity index (χ3n) is 1.31. The van der Waals surface area contributed by atoms with Crippen LogP contribution in [0.1, 0.15) is 6.42 Å². The zero-order chi connectivity index (χ0) is 5.98. The smallest absolute Gasteiger partial charge is 0.209 e. The molecule has 46 valence electrons. The third-order valence-corrected chi connectivity index (χ3v) is 1.31. The topological polar surface area (TPSA) is 20.3 Å². The Kier molecular flexibility index (Phi) is 1.46. The zero-order valence-corrected chi connectivity index (χ0v) is 4.51. The number of hydrogen-bond donors (Lipinski definition) is 0. The van der Waals surface area contributed by atoms with Crippen LogP contribution in [0.4, 0.5) is 4.39 Å². The molecule has 0 unspecified atom stereocenters. The van der Waals surface area contributed by atoms with Gasteiger partial charge in [-0.15, -0.1) is 0 Å². The van der Waals surface area contributed by atoms with Crippen LogP contribution in [-0.4, -0.2) is 30.6 Å². The molecule has 0 spiro atoms. The molecule has 1 aliphatic rings. The summed E-state index contributed by atoms with van der Waals surface area (Å²) in [6, 6.07) is 0. The van der Waals surface area contributed by atoms with Gasteiger partial charge in [-0.1, -0.05) is 0 Å². The summed E-state index contributed by atoms with van der Waals surface area (Å²) in [6.45, 7) is 0.883. The Morgan fingerprint density at radius 2 is 2.50 bits per heavy atom. The molecule has 1 saturated heterocycles. The molecule has 1 aliphatic heterocycles. The number of alkyl halides is 1. The minimum atomic E-state index is -0.778. The van der Waals surface area contributed by atoms with Crippen molar-refractivity contribution in [3.05, 3.63) is 0 Å². The van der Waals surface area contributed by atoms with E-state index < -0.39 is 6.17 Å². The lowest BCUT2D eigenvalue weighted by Crippen LogP contribution is -2.18. The number of hydrogen-bond acceptors (Lipinski definition) is 1. The Morgan fingerprint density at radius 1 is 1.75 bits per heavy atom. The number of halogens is 1. The van der Waals surface area contributed by atoms with Gasteiger partial charge in [-0.3, -0.25) is 4.79 Å². The lowest BCUT2D eigenvalue weighted by molar-refractivity contribution is -0.117. The summed E-state index contributed by atoms with van der Waals surface area (Å²) in [7, 11) is 0. The second-order valence-corrected chi connectivity index (χ2v) is 1.99. The minimum absolute atomic E-state index is 0.295. The van der Waals surface area contributed by atoms with Gasteiger partial charge >= 0.3 is 0 Å². The minimum Gasteiger partial charge on any atom is -0.342 e. The van der Waals surface area contributed by atoms with Gasteiger partial charge in [0.2, 0.25) is 6.41 Å². The van der Waals surface area contributed by atoms with Crippen LogP contribution in [0.2, 0.25) is 0 Å². The Balaban J connectivity index is 2.32. The van der Waals surface area contributed by atoms with Crippen LogP contribution in [0.25, 0.3) is 0 Å². The lowest BCUT2D eigenvalue weighted by atomic mass is 10.4. The highest BCUT2D eigenvalue weighted by Crippen LogP contribution is 2.08. The molecule has 0 aliphatic carbocycles. The monoisotopic (exact) mass is 117 g/mol. The van der Waals surface area contributed by atoms with E-state index in [0.717, 1.165) is 0 Å². The largest absolute Gasteiger partial charge is 0.342 e. The van der Waals surface area contributed by atoms with Crippen LogP contribution in [0.15, 0.2) is 0 Å². The maximum Gasteiger partial charge on any atom is 0.209 e. The van der Waals surface area contributed by atoms with E-state index in [9.17, 15) is 9.18 Å². The predicted octanol–water partition coefficient (Wildman–Crippen LogP) is 0.187. The second kappa shape index (κ2) is 2.11. The third kappa shape index (κ3) is 0.967. The molecular weight excluding hydrogens is 109 g/mol. The summed E-state index contributed by atoms with van der Waals surface area (Å²) in [5.41, 5.74) is 0. The molecule has 0 saturated carbocycles. The molecule has 0 radical (unpaired) electrons.